The van der Waals surface area contributed by atoms with Crippen LogP contribution in [0.2, 0.25) is 0 Å². The van der Waals surface area contributed by atoms with E-state index in [2.05, 4.69) is 20.2 Å². The third-order valence-corrected chi connectivity index (χ3v) is 5.91. The molecule has 180 valence electrons. The van der Waals surface area contributed by atoms with Gasteiger partial charge in [-0.3, -0.25) is 9.69 Å². The van der Waals surface area contributed by atoms with E-state index in [9.17, 15) is 4.79 Å². The van der Waals surface area contributed by atoms with Crippen molar-refractivity contribution in [3.63, 3.8) is 0 Å². The summed E-state index contributed by atoms with van der Waals surface area (Å²) in [5.74, 6) is 1.37. The maximum absolute atomic E-state index is 13.0. The molecule has 10 nitrogen and oxygen atoms in total. The monoisotopic (exact) mass is 473 g/mol. The smallest absolute Gasteiger partial charge is 0.261 e. The lowest BCUT2D eigenvalue weighted by atomic mass is 10.1. The average Bonchev–Trinajstić information content (AvgIpc) is 2.87. The van der Waals surface area contributed by atoms with Gasteiger partial charge in [0.05, 0.1) is 24.3 Å². The summed E-state index contributed by atoms with van der Waals surface area (Å²) < 4.78 is 12.9. The van der Waals surface area contributed by atoms with Crippen LogP contribution in [0.4, 0.5) is 17.5 Å². The Bertz CT molecular complexity index is 1380. The summed E-state index contributed by atoms with van der Waals surface area (Å²) in [6.07, 6.45) is 4.97. The van der Waals surface area contributed by atoms with Crippen molar-refractivity contribution in [1.82, 2.24) is 24.4 Å². The number of nitrogens with one attached hydrogen (secondary N) is 1. The number of nitrogens with two attached hydrogens (primary N) is 1. The highest BCUT2D eigenvalue weighted by Gasteiger charge is 2.14. The van der Waals surface area contributed by atoms with E-state index in [4.69, 9.17) is 20.2 Å². The van der Waals surface area contributed by atoms with Gasteiger partial charge in [-0.1, -0.05) is 6.07 Å². The van der Waals surface area contributed by atoms with E-state index in [0.29, 0.717) is 29.1 Å². The molecule has 0 spiro atoms. The summed E-state index contributed by atoms with van der Waals surface area (Å²) in [6, 6.07) is 11.4. The Kier molecular flexibility index (Phi) is 6.55. The van der Waals surface area contributed by atoms with Gasteiger partial charge in [0.1, 0.15) is 18.2 Å². The lowest BCUT2D eigenvalue weighted by molar-refractivity contribution is 0.0322. The fraction of sp³-hybridized carbons (Fsp3) is 0.280. The molecule has 1 fully saturated rings. The Morgan fingerprint density at radius 1 is 1.14 bits per heavy atom. The zero-order valence-electron chi connectivity index (χ0n) is 19.5. The number of hydrogen-bond acceptors (Lipinski definition) is 9. The summed E-state index contributed by atoms with van der Waals surface area (Å²) in [7, 11) is 1.72. The van der Waals surface area contributed by atoms with Gasteiger partial charge in [-0.15, -0.1) is 0 Å². The Morgan fingerprint density at radius 3 is 2.74 bits per heavy atom. The molecule has 0 amide bonds. The molecule has 1 saturated heterocycles. The van der Waals surface area contributed by atoms with Crippen molar-refractivity contribution in [2.24, 2.45) is 7.05 Å². The molecule has 1 aromatic carbocycles. The summed E-state index contributed by atoms with van der Waals surface area (Å²) in [5, 5.41) is 4.57. The molecule has 0 unspecified atom stereocenters. The molecule has 3 aromatic heterocycles. The van der Waals surface area contributed by atoms with Crippen molar-refractivity contribution in [1.29, 1.82) is 0 Å². The SMILES string of the molecule is Cn1ccc2cc(-c3cnc(N)nc3)nc(Nc3cccc(OCCN4CCOCC4)c3)c2c1=O. The average molecular weight is 474 g/mol. The van der Waals surface area contributed by atoms with E-state index >= 15 is 0 Å². The Balaban J connectivity index is 1.42. The maximum atomic E-state index is 13.0. The molecule has 0 saturated carbocycles. The number of morpholine rings is 1. The van der Waals surface area contributed by atoms with Crippen molar-refractivity contribution in [2.45, 2.75) is 0 Å². The molecule has 0 bridgehead atoms. The highest BCUT2D eigenvalue weighted by atomic mass is 16.5. The van der Waals surface area contributed by atoms with Crippen molar-refractivity contribution in [2.75, 3.05) is 50.5 Å². The van der Waals surface area contributed by atoms with Crippen LogP contribution in [0.5, 0.6) is 5.75 Å². The van der Waals surface area contributed by atoms with Crippen molar-refractivity contribution in [3.05, 3.63) is 65.3 Å². The number of benzene rings is 1. The van der Waals surface area contributed by atoms with Crippen LogP contribution < -0.4 is 21.3 Å². The molecular weight excluding hydrogens is 446 g/mol. The maximum Gasteiger partial charge on any atom is 0.261 e. The quantitative estimate of drug-likeness (QED) is 0.417. The van der Waals surface area contributed by atoms with E-state index in [1.807, 2.05) is 36.4 Å². The van der Waals surface area contributed by atoms with E-state index in [1.54, 1.807) is 25.6 Å². The molecule has 1 aliphatic heterocycles. The van der Waals surface area contributed by atoms with Gasteiger partial charge in [-0.05, 0) is 29.7 Å². The summed E-state index contributed by atoms with van der Waals surface area (Å²) in [5.41, 5.74) is 7.59. The number of fused-ring (bicyclic) bond motifs is 1. The van der Waals surface area contributed by atoms with Gasteiger partial charge >= 0.3 is 0 Å². The van der Waals surface area contributed by atoms with Crippen LogP contribution in [0.3, 0.4) is 0 Å². The number of aryl methyl sites for hydroxylation is 1. The Labute approximate surface area is 202 Å². The third-order valence-electron chi connectivity index (χ3n) is 5.91. The molecule has 1 aliphatic rings. The molecule has 3 N–H and O–H groups in total. The largest absolute Gasteiger partial charge is 0.492 e. The highest BCUT2D eigenvalue weighted by molar-refractivity contribution is 5.95. The number of rotatable bonds is 7. The van der Waals surface area contributed by atoms with E-state index < -0.39 is 0 Å². The zero-order chi connectivity index (χ0) is 24.2. The second-order valence-corrected chi connectivity index (χ2v) is 8.34. The van der Waals surface area contributed by atoms with Gasteiger partial charge in [0.2, 0.25) is 5.95 Å². The minimum Gasteiger partial charge on any atom is -0.492 e. The van der Waals surface area contributed by atoms with E-state index in [-0.39, 0.29) is 11.5 Å². The minimum atomic E-state index is -0.143. The van der Waals surface area contributed by atoms with Gasteiger partial charge in [-0.2, -0.15) is 0 Å². The molecule has 4 heterocycles. The first-order chi connectivity index (χ1) is 17.1. The molecule has 35 heavy (non-hydrogen) atoms. The fourth-order valence-electron chi connectivity index (χ4n) is 3.98. The molecule has 4 aromatic rings. The van der Waals surface area contributed by atoms with Gasteiger partial charge in [0, 0.05) is 62.6 Å². The van der Waals surface area contributed by atoms with E-state index in [0.717, 1.165) is 49.7 Å². The predicted octanol–water partition coefficient (Wildman–Crippen LogP) is 2.43. The van der Waals surface area contributed by atoms with Crippen LogP contribution in [-0.2, 0) is 11.8 Å². The molecular formula is C25H27N7O3. The van der Waals surface area contributed by atoms with Crippen LogP contribution in [-0.4, -0.2) is 63.9 Å². The molecule has 0 radical (unpaired) electrons. The first-order valence-corrected chi connectivity index (χ1v) is 11.4. The molecule has 0 aliphatic carbocycles. The molecule has 5 rings (SSSR count). The first kappa shape index (κ1) is 22.8. The number of hydrogen-bond donors (Lipinski definition) is 2. The number of ether oxygens (including phenoxy) is 2. The van der Waals surface area contributed by atoms with Crippen LogP contribution in [0.15, 0.2) is 59.8 Å². The number of pyridine rings is 2. The topological polar surface area (TPSA) is 120 Å². The van der Waals surface area contributed by atoms with Crippen LogP contribution in [0, 0.1) is 0 Å². The van der Waals surface area contributed by atoms with Crippen LogP contribution in [0.25, 0.3) is 22.0 Å². The predicted molar refractivity (Wildman–Crippen MR) is 135 cm³/mol. The van der Waals surface area contributed by atoms with Gasteiger partial charge < -0.3 is 25.1 Å². The Morgan fingerprint density at radius 2 is 1.94 bits per heavy atom. The van der Waals surface area contributed by atoms with Crippen LogP contribution in [0.1, 0.15) is 0 Å². The van der Waals surface area contributed by atoms with Crippen molar-refractivity contribution < 1.29 is 9.47 Å². The Hall–Kier alpha value is -4.02. The minimum absolute atomic E-state index is 0.143. The highest BCUT2D eigenvalue weighted by Crippen LogP contribution is 2.28. The third kappa shape index (κ3) is 5.23. The zero-order valence-corrected chi connectivity index (χ0v) is 19.5. The normalized spacial score (nSPS) is 14.2. The van der Waals surface area contributed by atoms with Gasteiger partial charge in [0.15, 0.2) is 0 Å². The number of nitrogens with zero attached hydrogens (tertiary/aromatic N) is 5. The van der Waals surface area contributed by atoms with E-state index in [1.165, 1.54) is 4.57 Å². The molecule has 10 heteroatoms. The van der Waals surface area contributed by atoms with Crippen molar-refractivity contribution in [3.8, 4) is 17.0 Å². The van der Waals surface area contributed by atoms with Gasteiger partial charge in [-0.25, -0.2) is 15.0 Å². The second kappa shape index (κ2) is 10.1. The lowest BCUT2D eigenvalue weighted by Crippen LogP contribution is -2.38. The summed E-state index contributed by atoms with van der Waals surface area (Å²) in [6.45, 7) is 4.80. The summed E-state index contributed by atoms with van der Waals surface area (Å²) in [4.78, 5) is 28.2. The van der Waals surface area contributed by atoms with Gasteiger partial charge in [0.25, 0.3) is 5.56 Å². The first-order valence-electron chi connectivity index (χ1n) is 11.4. The molecule has 0 atom stereocenters. The standard InChI is InChI=1S/C25H27N7O3/c1-31-6-5-17-13-21(18-15-27-25(26)28-16-18)30-23(22(17)24(31)33)29-19-3-2-4-20(14-19)35-12-9-32-7-10-34-11-8-32/h2-6,13-16H,7-12H2,1H3,(H,29,30)(H2,26,27,28). The van der Waals surface area contributed by atoms with Crippen LogP contribution >= 0.6 is 0 Å². The number of nitrogen functional groups attached to an aromatic ring is 1. The number of aromatic nitrogens is 4. The number of anilines is 3. The fourth-order valence-corrected chi connectivity index (χ4v) is 3.98. The van der Waals surface area contributed by atoms with Crippen molar-refractivity contribution >= 4 is 28.2 Å². The summed E-state index contributed by atoms with van der Waals surface area (Å²) >= 11 is 0. The second-order valence-electron chi connectivity index (χ2n) is 8.34. The lowest BCUT2D eigenvalue weighted by Gasteiger charge is -2.26.